The van der Waals surface area contributed by atoms with Gasteiger partial charge in [-0.15, -0.1) is 0 Å². The highest BCUT2D eigenvalue weighted by atomic mass is 32.2. The van der Waals surface area contributed by atoms with Crippen molar-refractivity contribution in [1.82, 2.24) is 5.32 Å². The van der Waals surface area contributed by atoms with E-state index >= 15 is 0 Å². The molecule has 2 heterocycles. The van der Waals surface area contributed by atoms with E-state index in [2.05, 4.69) is 10.3 Å². The van der Waals surface area contributed by atoms with Gasteiger partial charge in [0.05, 0.1) is 6.61 Å². The minimum Gasteiger partial charge on any atom is -0.456 e. The van der Waals surface area contributed by atoms with E-state index in [1.807, 2.05) is 60.7 Å². The highest BCUT2D eigenvalue weighted by Gasteiger charge is 2.51. The van der Waals surface area contributed by atoms with Crippen LogP contribution in [0, 0.1) is 0 Å². The van der Waals surface area contributed by atoms with Crippen molar-refractivity contribution in [2.45, 2.75) is 49.4 Å². The van der Waals surface area contributed by atoms with Gasteiger partial charge in [-0.25, -0.2) is 4.99 Å². The van der Waals surface area contributed by atoms with Crippen LogP contribution in [0.1, 0.15) is 26.3 Å². The zero-order valence-electron chi connectivity index (χ0n) is 21.0. The molecule has 38 heavy (non-hydrogen) atoms. The summed E-state index contributed by atoms with van der Waals surface area (Å²) in [5.41, 5.74) is 0.0782. The maximum atomic E-state index is 12.9. The fourth-order valence-electron chi connectivity index (χ4n) is 4.09. The van der Waals surface area contributed by atoms with Crippen LogP contribution in [0.2, 0.25) is 0 Å². The van der Waals surface area contributed by atoms with Gasteiger partial charge in [-0.05, 0) is 23.8 Å². The first-order chi connectivity index (χ1) is 18.2. The standard InChI is InChI=1S/C27H27N2O8S/c1-16(30)35-22-15-34-26(24(37-18(3)32)23(22)36-17(2)31)38(20-12-8-5-9-13-20)27-28-21(25(33)29-27)14-19-10-6-4-7-11-19/h4-14,22-24,26H,15H2,1-3H3,(H,28,29,33). The van der Waals surface area contributed by atoms with Crippen LogP contribution >= 0.6 is 10.9 Å². The molecule has 11 heteroatoms. The quantitative estimate of drug-likeness (QED) is 0.337. The van der Waals surface area contributed by atoms with Crippen molar-refractivity contribution in [1.29, 1.82) is 0 Å². The number of nitrogens with zero attached hydrogens (tertiary/aromatic N) is 1. The molecular formula is C27H27N2O8S. The second kappa shape index (κ2) is 12.1. The Hall–Kier alpha value is -3.96. The fraction of sp³-hybridized carbons (Fsp3) is 0.296. The Bertz CT molecular complexity index is 1260. The minimum atomic E-state index is -1.17. The van der Waals surface area contributed by atoms with Crippen LogP contribution in [0.25, 0.3) is 6.08 Å². The first-order valence-corrected chi connectivity index (χ1v) is 13.1. The maximum Gasteiger partial charge on any atom is 0.303 e. The predicted molar refractivity (Wildman–Crippen MR) is 139 cm³/mol. The number of ether oxygens (including phenoxy) is 4. The van der Waals surface area contributed by atoms with E-state index in [1.54, 1.807) is 6.08 Å². The van der Waals surface area contributed by atoms with E-state index in [0.717, 1.165) is 10.5 Å². The lowest BCUT2D eigenvalue weighted by molar-refractivity contribution is -0.213. The molecule has 199 valence electrons. The molecule has 1 saturated heterocycles. The molecule has 0 aliphatic carbocycles. The van der Waals surface area contributed by atoms with E-state index in [-0.39, 0.29) is 12.3 Å². The van der Waals surface area contributed by atoms with Gasteiger partial charge >= 0.3 is 17.9 Å². The molecule has 2 aromatic rings. The molecule has 1 amide bonds. The van der Waals surface area contributed by atoms with Gasteiger partial charge in [0.2, 0.25) is 0 Å². The summed E-state index contributed by atoms with van der Waals surface area (Å²) in [7, 11) is -1.11. The summed E-state index contributed by atoms with van der Waals surface area (Å²) in [5.74, 6) is -2.31. The number of hydrogen-bond acceptors (Lipinski definition) is 9. The molecular weight excluding hydrogens is 512 g/mol. The number of carbonyl (C=O) groups is 4. The van der Waals surface area contributed by atoms with Crippen molar-refractivity contribution < 1.29 is 38.1 Å². The number of aliphatic imine (C=N–C) groups is 1. The summed E-state index contributed by atoms with van der Waals surface area (Å²) < 4.78 is 22.6. The third-order valence-corrected chi connectivity index (χ3v) is 7.78. The second-order valence-electron chi connectivity index (χ2n) is 8.46. The summed E-state index contributed by atoms with van der Waals surface area (Å²) in [5, 5.41) is 3.14. The summed E-state index contributed by atoms with van der Waals surface area (Å²) in [6, 6.07) is 18.4. The van der Waals surface area contributed by atoms with Gasteiger partial charge in [0.25, 0.3) is 5.91 Å². The second-order valence-corrected chi connectivity index (χ2v) is 10.5. The van der Waals surface area contributed by atoms with Crippen LogP contribution in [-0.4, -0.2) is 59.3 Å². The van der Waals surface area contributed by atoms with Gasteiger partial charge in [0.15, 0.2) is 23.5 Å². The van der Waals surface area contributed by atoms with Crippen molar-refractivity contribution in [2.75, 3.05) is 6.61 Å². The Morgan fingerprint density at radius 1 is 0.895 bits per heavy atom. The molecule has 2 aliphatic heterocycles. The Labute approximate surface area is 222 Å². The average Bonchev–Trinajstić information content (AvgIpc) is 3.22. The van der Waals surface area contributed by atoms with Gasteiger partial charge in [-0.3, -0.25) is 24.5 Å². The molecule has 4 atom stereocenters. The Kier molecular flexibility index (Phi) is 8.59. The van der Waals surface area contributed by atoms with Crippen LogP contribution in [0.4, 0.5) is 0 Å². The van der Waals surface area contributed by atoms with Gasteiger partial charge in [-0.1, -0.05) is 59.4 Å². The predicted octanol–water partition coefficient (Wildman–Crippen LogP) is 2.99. The Morgan fingerprint density at radius 2 is 1.47 bits per heavy atom. The third-order valence-electron chi connectivity index (χ3n) is 5.52. The summed E-state index contributed by atoms with van der Waals surface area (Å²) >= 11 is 0. The van der Waals surface area contributed by atoms with Gasteiger partial charge < -0.3 is 18.9 Å². The number of carbonyl (C=O) groups excluding carboxylic acids is 4. The van der Waals surface area contributed by atoms with Crippen LogP contribution < -0.4 is 5.32 Å². The lowest BCUT2D eigenvalue weighted by Crippen LogP contribution is -2.57. The van der Waals surface area contributed by atoms with Crippen LogP contribution in [0.5, 0.6) is 0 Å². The van der Waals surface area contributed by atoms with E-state index < -0.39 is 58.5 Å². The molecule has 0 saturated carbocycles. The first kappa shape index (κ1) is 27.1. The molecule has 1 N–H and O–H groups in total. The molecule has 4 unspecified atom stereocenters. The molecule has 10 nitrogen and oxygen atoms in total. The number of amides is 1. The van der Waals surface area contributed by atoms with Crippen LogP contribution in [0.3, 0.4) is 0 Å². The third kappa shape index (κ3) is 6.48. The van der Waals surface area contributed by atoms with Crippen LogP contribution in [-0.2, 0) is 38.1 Å². The molecule has 2 aliphatic rings. The smallest absolute Gasteiger partial charge is 0.303 e. The topological polar surface area (TPSA) is 130 Å². The maximum absolute atomic E-state index is 12.9. The van der Waals surface area contributed by atoms with Gasteiger partial charge in [0.1, 0.15) is 11.1 Å². The van der Waals surface area contributed by atoms with E-state index in [1.165, 1.54) is 20.8 Å². The Balaban J connectivity index is 1.78. The molecule has 1 fully saturated rings. The first-order valence-electron chi connectivity index (χ1n) is 11.8. The largest absolute Gasteiger partial charge is 0.456 e. The van der Waals surface area contributed by atoms with E-state index in [9.17, 15) is 19.2 Å². The minimum absolute atomic E-state index is 0.135. The lowest BCUT2D eigenvalue weighted by Gasteiger charge is -2.43. The Morgan fingerprint density at radius 3 is 2.08 bits per heavy atom. The number of nitrogens with one attached hydrogen (secondary N) is 1. The number of benzene rings is 2. The van der Waals surface area contributed by atoms with Gasteiger partial charge in [-0.2, -0.15) is 0 Å². The lowest BCUT2D eigenvalue weighted by atomic mass is 10.1. The van der Waals surface area contributed by atoms with Crippen LogP contribution in [0.15, 0.2) is 76.2 Å². The highest BCUT2D eigenvalue weighted by Crippen LogP contribution is 2.48. The SMILES string of the molecule is CC(=O)OC1COC([S](C2=NC(=Cc3ccccc3)C(=O)N2)c2ccccc2)C(OC(C)=O)C1OC(C)=O. The molecule has 1 radical (unpaired) electrons. The van der Waals surface area contributed by atoms with Crippen molar-refractivity contribution >= 4 is 46.0 Å². The molecule has 2 aromatic carbocycles. The zero-order chi connectivity index (χ0) is 27.2. The summed E-state index contributed by atoms with van der Waals surface area (Å²) in [6.07, 6.45) is -1.65. The van der Waals surface area contributed by atoms with Crippen molar-refractivity contribution in [2.24, 2.45) is 4.99 Å². The fourth-order valence-corrected chi connectivity index (χ4v) is 6.35. The van der Waals surface area contributed by atoms with Gasteiger partial charge in [0, 0.05) is 25.7 Å². The monoisotopic (exact) mass is 539 g/mol. The summed E-state index contributed by atoms with van der Waals surface area (Å²) in [4.78, 5) is 54.2. The molecule has 0 bridgehead atoms. The van der Waals surface area contributed by atoms with Crippen molar-refractivity contribution in [3.63, 3.8) is 0 Å². The number of hydrogen-bond donors (Lipinski definition) is 1. The molecule has 0 aromatic heterocycles. The average molecular weight is 540 g/mol. The number of amidine groups is 1. The van der Waals surface area contributed by atoms with Crippen molar-refractivity contribution in [3.8, 4) is 0 Å². The number of esters is 3. The normalized spacial score (nSPS) is 23.9. The van der Waals surface area contributed by atoms with Crippen molar-refractivity contribution in [3.05, 3.63) is 71.9 Å². The van der Waals surface area contributed by atoms with E-state index in [0.29, 0.717) is 5.17 Å². The number of rotatable bonds is 6. The van der Waals surface area contributed by atoms with E-state index in [4.69, 9.17) is 18.9 Å². The zero-order valence-corrected chi connectivity index (χ0v) is 21.8. The highest BCUT2D eigenvalue weighted by molar-refractivity contribution is 8.30. The summed E-state index contributed by atoms with van der Waals surface area (Å²) in [6.45, 7) is 3.51. The molecule has 4 rings (SSSR count). The molecule has 0 spiro atoms.